The number of anilines is 1. The zero-order valence-electron chi connectivity index (χ0n) is 18.5. The molecule has 0 saturated carbocycles. The molecule has 0 aliphatic carbocycles. The summed E-state index contributed by atoms with van der Waals surface area (Å²) in [5, 5.41) is 15.6. The lowest BCUT2D eigenvalue weighted by molar-refractivity contribution is -0.384. The summed E-state index contributed by atoms with van der Waals surface area (Å²) in [6.07, 6.45) is 3.26. The quantitative estimate of drug-likeness (QED) is 0.391. The summed E-state index contributed by atoms with van der Waals surface area (Å²) in [6, 6.07) is 9.37. The lowest BCUT2D eigenvalue weighted by Crippen LogP contribution is -2.27. The summed E-state index contributed by atoms with van der Waals surface area (Å²) < 4.78 is 0. The largest absolute Gasteiger partial charge is 0.384 e. The van der Waals surface area contributed by atoms with E-state index in [0.29, 0.717) is 34.7 Å². The maximum atomic E-state index is 13.2. The molecule has 4 rings (SSSR count). The number of fused-ring (bicyclic) bond motifs is 1. The van der Waals surface area contributed by atoms with Gasteiger partial charge in [-0.15, -0.1) is 0 Å². The number of aromatic amines is 1. The smallest absolute Gasteiger partial charge is 0.288 e. The van der Waals surface area contributed by atoms with Crippen molar-refractivity contribution < 1.29 is 4.92 Å². The fourth-order valence-corrected chi connectivity index (χ4v) is 4.96. The highest BCUT2D eigenvalue weighted by Crippen LogP contribution is 2.37. The zero-order valence-corrected chi connectivity index (χ0v) is 19.3. The van der Waals surface area contributed by atoms with Crippen molar-refractivity contribution in [1.29, 1.82) is 0 Å². The van der Waals surface area contributed by atoms with Gasteiger partial charge in [0.2, 0.25) is 0 Å². The molecule has 1 unspecified atom stereocenters. The van der Waals surface area contributed by atoms with Crippen LogP contribution in [0.25, 0.3) is 22.0 Å². The number of benzene rings is 2. The Bertz CT molecular complexity index is 1230. The Kier molecular flexibility index (Phi) is 6.22. The van der Waals surface area contributed by atoms with Crippen LogP contribution in [0.15, 0.2) is 35.1 Å². The van der Waals surface area contributed by atoms with Crippen molar-refractivity contribution in [2.24, 2.45) is 0 Å². The van der Waals surface area contributed by atoms with E-state index in [2.05, 4.69) is 22.2 Å². The number of aromatic nitrogens is 1. The van der Waals surface area contributed by atoms with Crippen LogP contribution in [0.5, 0.6) is 0 Å². The molecular formula is C24H27ClN4O3. The van der Waals surface area contributed by atoms with Crippen LogP contribution in [0.3, 0.4) is 0 Å². The van der Waals surface area contributed by atoms with Crippen molar-refractivity contribution in [3.8, 4) is 11.1 Å². The van der Waals surface area contributed by atoms with E-state index in [-0.39, 0.29) is 16.3 Å². The topological polar surface area (TPSA) is 91.3 Å². The van der Waals surface area contributed by atoms with E-state index in [4.69, 9.17) is 11.6 Å². The lowest BCUT2D eigenvalue weighted by Gasteiger charge is -2.21. The molecule has 0 spiro atoms. The predicted octanol–water partition coefficient (Wildman–Crippen LogP) is 5.27. The molecule has 1 aromatic heterocycles. The molecule has 0 amide bonds. The van der Waals surface area contributed by atoms with Gasteiger partial charge >= 0.3 is 0 Å². The maximum absolute atomic E-state index is 13.2. The van der Waals surface area contributed by atoms with Gasteiger partial charge in [0, 0.05) is 24.0 Å². The van der Waals surface area contributed by atoms with Gasteiger partial charge in [-0.2, -0.15) is 0 Å². The molecule has 7 nitrogen and oxygen atoms in total. The Hall–Kier alpha value is -2.90. The minimum atomic E-state index is -0.499. The van der Waals surface area contributed by atoms with Crippen molar-refractivity contribution in [3.05, 3.63) is 66.9 Å². The number of hydrogen-bond acceptors (Lipinski definition) is 5. The Morgan fingerprint density at radius 3 is 2.56 bits per heavy atom. The number of nitro benzene ring substituents is 1. The molecule has 32 heavy (non-hydrogen) atoms. The molecule has 1 aliphatic heterocycles. The van der Waals surface area contributed by atoms with Crippen LogP contribution < -0.4 is 10.9 Å². The minimum Gasteiger partial charge on any atom is -0.384 e. The second-order valence-corrected chi connectivity index (χ2v) is 9.09. The van der Waals surface area contributed by atoms with Gasteiger partial charge in [0.1, 0.15) is 5.02 Å². The third-order valence-corrected chi connectivity index (χ3v) is 6.54. The summed E-state index contributed by atoms with van der Waals surface area (Å²) >= 11 is 6.12. The molecule has 1 atom stereocenters. The average molecular weight is 455 g/mol. The van der Waals surface area contributed by atoms with Crippen molar-refractivity contribution >= 4 is 33.9 Å². The molecule has 1 saturated heterocycles. The Balaban J connectivity index is 1.87. The highest BCUT2D eigenvalue weighted by molar-refractivity contribution is 6.33. The van der Waals surface area contributed by atoms with Gasteiger partial charge in [-0.05, 0) is 58.3 Å². The summed E-state index contributed by atoms with van der Waals surface area (Å²) in [5.74, 6) is 0. The molecular weight excluding hydrogens is 428 g/mol. The lowest BCUT2D eigenvalue weighted by atomic mass is 9.98. The molecule has 8 heteroatoms. The van der Waals surface area contributed by atoms with Gasteiger partial charge < -0.3 is 15.2 Å². The summed E-state index contributed by atoms with van der Waals surface area (Å²) in [4.78, 5) is 29.5. The molecule has 2 heterocycles. The second-order valence-electron chi connectivity index (χ2n) is 8.68. The monoisotopic (exact) mass is 454 g/mol. The number of H-pyrrole nitrogens is 1. The van der Waals surface area contributed by atoms with Gasteiger partial charge in [0.05, 0.1) is 21.7 Å². The summed E-state index contributed by atoms with van der Waals surface area (Å²) in [6.45, 7) is 5.72. The van der Waals surface area contributed by atoms with E-state index in [9.17, 15) is 14.9 Å². The number of halogens is 1. The van der Waals surface area contributed by atoms with E-state index >= 15 is 0 Å². The number of nitrogens with one attached hydrogen (secondary N) is 2. The third-order valence-electron chi connectivity index (χ3n) is 6.24. The Morgan fingerprint density at radius 1 is 1.22 bits per heavy atom. The van der Waals surface area contributed by atoms with Crippen LogP contribution in [0.1, 0.15) is 30.4 Å². The van der Waals surface area contributed by atoms with Crippen LogP contribution in [0.2, 0.25) is 5.02 Å². The highest BCUT2D eigenvalue weighted by Gasteiger charge is 2.23. The molecule has 2 aromatic carbocycles. The molecule has 1 fully saturated rings. The van der Waals surface area contributed by atoms with Crippen LogP contribution in [-0.4, -0.2) is 41.0 Å². The van der Waals surface area contributed by atoms with Gasteiger partial charge in [0.15, 0.2) is 0 Å². The second kappa shape index (κ2) is 8.92. The normalized spacial score (nSPS) is 16.6. The van der Waals surface area contributed by atoms with Crippen LogP contribution in [-0.2, 0) is 0 Å². The van der Waals surface area contributed by atoms with Gasteiger partial charge in [-0.3, -0.25) is 14.9 Å². The number of nitrogens with zero attached hydrogens (tertiary/aromatic N) is 2. The SMILES string of the molecule is Cc1cc(C)cc(-c2c(NCCC3CCCN3C)c3cc([N+](=O)[O-])c(Cl)cc3[nH]c2=O)c1. The van der Waals surface area contributed by atoms with Gasteiger partial charge in [-0.1, -0.05) is 40.9 Å². The summed E-state index contributed by atoms with van der Waals surface area (Å²) in [7, 11) is 2.13. The molecule has 2 N–H and O–H groups in total. The number of rotatable bonds is 6. The van der Waals surface area contributed by atoms with Crippen LogP contribution >= 0.6 is 11.6 Å². The number of pyridine rings is 1. The fraction of sp³-hybridized carbons (Fsp3) is 0.375. The van der Waals surface area contributed by atoms with Crippen molar-refractivity contribution in [2.45, 2.75) is 39.2 Å². The number of nitro groups is 1. The standard InChI is InChI=1S/C24H27ClN4O3/c1-14-9-15(2)11-16(10-14)22-23(26-7-6-17-5-4-8-28(17)3)18-12-21(29(31)32)19(25)13-20(18)27-24(22)30/h9-13,17H,4-8H2,1-3H3,(H2,26,27,30). The van der Waals surface area contributed by atoms with E-state index in [1.807, 2.05) is 32.0 Å². The molecule has 1 aliphatic rings. The first kappa shape index (κ1) is 22.3. The molecule has 168 valence electrons. The van der Waals surface area contributed by atoms with E-state index in [1.54, 1.807) is 0 Å². The first-order valence-electron chi connectivity index (χ1n) is 10.8. The van der Waals surface area contributed by atoms with Gasteiger partial charge in [-0.25, -0.2) is 0 Å². The Labute approximate surface area is 191 Å². The summed E-state index contributed by atoms with van der Waals surface area (Å²) in [5.41, 5.74) is 3.99. The van der Waals surface area contributed by atoms with Crippen LogP contribution in [0, 0.1) is 24.0 Å². The van der Waals surface area contributed by atoms with Crippen molar-refractivity contribution in [2.75, 3.05) is 25.5 Å². The molecule has 0 radical (unpaired) electrons. The zero-order chi connectivity index (χ0) is 23.0. The van der Waals surface area contributed by atoms with E-state index in [1.165, 1.54) is 18.6 Å². The minimum absolute atomic E-state index is 0.00386. The highest BCUT2D eigenvalue weighted by atomic mass is 35.5. The number of likely N-dealkylation sites (tertiary alicyclic amines) is 1. The first-order chi connectivity index (χ1) is 15.2. The maximum Gasteiger partial charge on any atom is 0.288 e. The number of hydrogen-bond donors (Lipinski definition) is 2. The van der Waals surface area contributed by atoms with E-state index in [0.717, 1.165) is 36.1 Å². The fourth-order valence-electron chi connectivity index (χ4n) is 4.73. The van der Waals surface area contributed by atoms with Crippen molar-refractivity contribution in [1.82, 2.24) is 9.88 Å². The average Bonchev–Trinajstić information content (AvgIpc) is 3.11. The molecule has 0 bridgehead atoms. The third kappa shape index (κ3) is 4.36. The first-order valence-corrected chi connectivity index (χ1v) is 11.2. The van der Waals surface area contributed by atoms with E-state index < -0.39 is 4.92 Å². The Morgan fingerprint density at radius 2 is 1.94 bits per heavy atom. The van der Waals surface area contributed by atoms with Gasteiger partial charge in [0.25, 0.3) is 11.2 Å². The van der Waals surface area contributed by atoms with Crippen LogP contribution in [0.4, 0.5) is 11.4 Å². The predicted molar refractivity (Wildman–Crippen MR) is 130 cm³/mol. The van der Waals surface area contributed by atoms with Crippen molar-refractivity contribution in [3.63, 3.8) is 0 Å². The molecule has 3 aromatic rings. The number of aryl methyl sites for hydroxylation is 2.